The zero-order valence-corrected chi connectivity index (χ0v) is 18.4. The lowest BCUT2D eigenvalue weighted by atomic mass is 10.0. The summed E-state index contributed by atoms with van der Waals surface area (Å²) in [7, 11) is 0. The Labute approximate surface area is 186 Å². The quantitative estimate of drug-likeness (QED) is 0.435. The van der Waals surface area contributed by atoms with Gasteiger partial charge in [-0.3, -0.25) is 4.79 Å². The molecular weight excluding hydrogens is 412 g/mol. The van der Waals surface area contributed by atoms with E-state index in [1.165, 1.54) is 11.3 Å². The number of ether oxygens (including phenoxy) is 1. The van der Waals surface area contributed by atoms with Crippen molar-refractivity contribution in [3.05, 3.63) is 82.2 Å². The monoisotopic (exact) mass is 438 g/mol. The highest BCUT2D eigenvalue weighted by Gasteiger charge is 2.29. The molecule has 0 aliphatic rings. The van der Waals surface area contributed by atoms with E-state index in [2.05, 4.69) is 18.8 Å². The Hall–Kier alpha value is -3.19. The van der Waals surface area contributed by atoms with Crippen molar-refractivity contribution in [3.63, 3.8) is 0 Å². The van der Waals surface area contributed by atoms with E-state index in [9.17, 15) is 9.59 Å². The topological polar surface area (TPSA) is 79.7 Å². The van der Waals surface area contributed by atoms with Crippen molar-refractivity contribution in [1.82, 2.24) is 9.88 Å². The molecule has 0 aliphatic heterocycles. The molecule has 0 spiro atoms. The fourth-order valence-electron chi connectivity index (χ4n) is 3.41. The van der Waals surface area contributed by atoms with Gasteiger partial charge in [-0.05, 0) is 36.5 Å². The molecule has 6 nitrogen and oxygen atoms in total. The van der Waals surface area contributed by atoms with Gasteiger partial charge in [0.05, 0.1) is 11.4 Å². The van der Waals surface area contributed by atoms with Crippen LogP contribution in [0.4, 0.5) is 4.79 Å². The molecule has 1 atom stereocenters. The van der Waals surface area contributed by atoms with Gasteiger partial charge in [0.1, 0.15) is 5.01 Å². The maximum atomic E-state index is 13.5. The molecule has 0 fully saturated rings. The van der Waals surface area contributed by atoms with E-state index in [1.807, 2.05) is 65.6 Å². The molecule has 1 N–H and O–H groups in total. The summed E-state index contributed by atoms with van der Waals surface area (Å²) in [6.07, 6.45) is 0.00388. The third-order valence-electron chi connectivity index (χ3n) is 4.81. The van der Waals surface area contributed by atoms with Crippen LogP contribution in [-0.2, 0) is 6.42 Å². The lowest BCUT2D eigenvalue weighted by Gasteiger charge is -2.32. The molecule has 31 heavy (non-hydrogen) atoms. The molecule has 1 unspecified atom stereocenters. The molecule has 0 radical (unpaired) electrons. The molecule has 1 aromatic heterocycles. The molecule has 0 aliphatic carbocycles. The summed E-state index contributed by atoms with van der Waals surface area (Å²) in [5.41, 5.74) is 1.76. The molecular formula is C24H26N2O4S. The fourth-order valence-corrected chi connectivity index (χ4v) is 4.25. The van der Waals surface area contributed by atoms with E-state index in [0.717, 1.165) is 5.56 Å². The summed E-state index contributed by atoms with van der Waals surface area (Å²) in [6.45, 7) is 4.71. The average Bonchev–Trinajstić information content (AvgIpc) is 3.21. The third kappa shape index (κ3) is 6.39. The molecule has 1 heterocycles. The minimum Gasteiger partial charge on any atom is -0.449 e. The number of hydrogen-bond acceptors (Lipinski definition) is 5. The van der Waals surface area contributed by atoms with Gasteiger partial charge in [0.15, 0.2) is 0 Å². The van der Waals surface area contributed by atoms with Gasteiger partial charge in [-0.2, -0.15) is 0 Å². The Kier molecular flexibility index (Phi) is 7.78. The molecule has 7 heteroatoms. The van der Waals surface area contributed by atoms with Gasteiger partial charge >= 0.3 is 6.16 Å². The molecule has 0 saturated heterocycles. The molecule has 3 rings (SSSR count). The van der Waals surface area contributed by atoms with Crippen LogP contribution in [0.3, 0.4) is 0 Å². The predicted octanol–water partition coefficient (Wildman–Crippen LogP) is 5.67. The van der Waals surface area contributed by atoms with Crippen molar-refractivity contribution in [2.45, 2.75) is 32.7 Å². The average molecular weight is 439 g/mol. The largest absolute Gasteiger partial charge is 0.512 e. The lowest BCUT2D eigenvalue weighted by molar-refractivity contribution is 0.0654. The van der Waals surface area contributed by atoms with Crippen molar-refractivity contribution < 1.29 is 19.4 Å². The highest BCUT2D eigenvalue weighted by atomic mass is 32.1. The molecule has 2 aromatic carbocycles. The summed E-state index contributed by atoms with van der Waals surface area (Å²) in [5, 5.41) is 11.1. The maximum absolute atomic E-state index is 13.5. The molecule has 0 bridgehead atoms. The third-order valence-corrected chi connectivity index (χ3v) is 5.74. The highest BCUT2D eigenvalue weighted by molar-refractivity contribution is 7.09. The summed E-state index contributed by atoms with van der Waals surface area (Å²) in [5.74, 6) is 0.273. The maximum Gasteiger partial charge on any atom is 0.512 e. The van der Waals surface area contributed by atoms with Crippen LogP contribution in [0.2, 0.25) is 0 Å². The van der Waals surface area contributed by atoms with Gasteiger partial charge < -0.3 is 14.7 Å². The number of amides is 1. The number of benzene rings is 2. The van der Waals surface area contributed by atoms with Crippen LogP contribution < -0.4 is 4.74 Å². The van der Waals surface area contributed by atoms with Crippen LogP contribution in [0.5, 0.6) is 5.88 Å². The minimum atomic E-state index is -1.40. The van der Waals surface area contributed by atoms with Crippen molar-refractivity contribution in [3.8, 4) is 5.88 Å². The summed E-state index contributed by atoms with van der Waals surface area (Å²) < 4.78 is 4.72. The highest BCUT2D eigenvalue weighted by Crippen LogP contribution is 2.33. The first-order valence-electron chi connectivity index (χ1n) is 10.2. The molecule has 1 amide bonds. The van der Waals surface area contributed by atoms with Crippen molar-refractivity contribution >= 4 is 23.4 Å². The Balaban J connectivity index is 1.94. The van der Waals surface area contributed by atoms with Crippen molar-refractivity contribution in [2.24, 2.45) is 5.92 Å². The number of aromatic nitrogens is 1. The van der Waals surface area contributed by atoms with E-state index < -0.39 is 6.16 Å². The minimum absolute atomic E-state index is 0.0384. The second kappa shape index (κ2) is 10.7. The van der Waals surface area contributed by atoms with Gasteiger partial charge in [0, 0.05) is 12.1 Å². The number of carbonyl (C=O) groups is 2. The fraction of sp³-hybridized carbons (Fsp3) is 0.292. The summed E-state index contributed by atoms with van der Waals surface area (Å²) in [6, 6.07) is 19.0. The first-order chi connectivity index (χ1) is 14.9. The van der Waals surface area contributed by atoms with Gasteiger partial charge in [-0.25, -0.2) is 9.78 Å². The van der Waals surface area contributed by atoms with Gasteiger partial charge in [-0.15, -0.1) is 11.3 Å². The zero-order valence-electron chi connectivity index (χ0n) is 17.6. The van der Waals surface area contributed by atoms with Crippen molar-refractivity contribution in [2.75, 3.05) is 6.54 Å². The van der Waals surface area contributed by atoms with E-state index in [1.54, 1.807) is 5.38 Å². The first-order valence-corrected chi connectivity index (χ1v) is 11.1. The lowest BCUT2D eigenvalue weighted by Crippen LogP contribution is -2.37. The van der Waals surface area contributed by atoms with Crippen LogP contribution in [0, 0.1) is 5.92 Å². The van der Waals surface area contributed by atoms with Crippen LogP contribution in [0.15, 0.2) is 66.0 Å². The van der Waals surface area contributed by atoms with Crippen LogP contribution in [-0.4, -0.2) is 33.6 Å². The van der Waals surface area contributed by atoms with Crippen LogP contribution in [0.25, 0.3) is 0 Å². The predicted molar refractivity (Wildman–Crippen MR) is 121 cm³/mol. The van der Waals surface area contributed by atoms with Crippen molar-refractivity contribution in [1.29, 1.82) is 0 Å². The number of carboxylic acid groups (broad SMARTS) is 1. The van der Waals surface area contributed by atoms with Gasteiger partial charge in [-0.1, -0.05) is 62.4 Å². The second-order valence-electron chi connectivity index (χ2n) is 7.64. The van der Waals surface area contributed by atoms with Crippen LogP contribution in [0.1, 0.15) is 47.2 Å². The number of nitrogens with zero attached hydrogens (tertiary/aromatic N) is 2. The second-order valence-corrected chi connectivity index (χ2v) is 8.53. The Morgan fingerprint density at radius 3 is 2.32 bits per heavy atom. The molecule has 3 aromatic rings. The Morgan fingerprint density at radius 2 is 1.71 bits per heavy atom. The standard InChI is InChI=1S/C24H26N2O4S/c1-17(2)15-20(22-25-21(16-31-22)30-24(28)29)26(14-13-18-9-5-3-6-10-18)23(27)19-11-7-4-8-12-19/h3-12,16-17,20H,13-15H2,1-2H3,(H,28,29). The summed E-state index contributed by atoms with van der Waals surface area (Å²) >= 11 is 1.31. The molecule has 162 valence electrons. The van der Waals surface area contributed by atoms with Crippen LogP contribution >= 0.6 is 11.3 Å². The Bertz CT molecular complexity index is 989. The van der Waals surface area contributed by atoms with E-state index in [0.29, 0.717) is 35.9 Å². The first kappa shape index (κ1) is 22.5. The van der Waals surface area contributed by atoms with Gasteiger partial charge in [0.2, 0.25) is 5.88 Å². The SMILES string of the molecule is CC(C)CC(c1nc(OC(=O)O)cs1)N(CCc1ccccc1)C(=O)c1ccccc1. The normalized spacial score (nSPS) is 11.8. The summed E-state index contributed by atoms with van der Waals surface area (Å²) in [4.78, 5) is 30.6. The van der Waals surface area contributed by atoms with E-state index >= 15 is 0 Å². The number of carbonyl (C=O) groups excluding carboxylic acids is 1. The zero-order chi connectivity index (χ0) is 22.2. The number of hydrogen-bond donors (Lipinski definition) is 1. The molecule has 0 saturated carbocycles. The van der Waals surface area contributed by atoms with Gasteiger partial charge in [0.25, 0.3) is 5.91 Å². The smallest absolute Gasteiger partial charge is 0.449 e. The Morgan fingerprint density at radius 1 is 1.06 bits per heavy atom. The number of rotatable bonds is 9. The van der Waals surface area contributed by atoms with E-state index in [-0.39, 0.29) is 17.8 Å². The van der Waals surface area contributed by atoms with E-state index in [4.69, 9.17) is 9.84 Å². The number of thiazole rings is 1.